The first-order valence-corrected chi connectivity index (χ1v) is 13.6. The van der Waals surface area contributed by atoms with Gasteiger partial charge in [0.2, 0.25) is 10.0 Å². The average Bonchev–Trinajstić information content (AvgIpc) is 2.82. The Labute approximate surface area is 204 Å². The molecule has 0 aliphatic carbocycles. The lowest BCUT2D eigenvalue weighted by molar-refractivity contribution is -0.123. The molecular weight excluding hydrogens is 475 g/mol. The number of anilines is 1. The van der Waals surface area contributed by atoms with Crippen LogP contribution in [-0.2, 0) is 21.4 Å². The molecule has 0 radical (unpaired) electrons. The van der Waals surface area contributed by atoms with Crippen molar-refractivity contribution in [2.24, 2.45) is 0 Å². The molecule has 0 aliphatic rings. The summed E-state index contributed by atoms with van der Waals surface area (Å²) in [4.78, 5) is 13.5. The largest absolute Gasteiger partial charge is 0.484 e. The second-order valence-electron chi connectivity index (χ2n) is 7.71. The number of hydrogen-bond acceptors (Lipinski definition) is 5. The Bertz CT molecular complexity index is 1220. The van der Waals surface area contributed by atoms with E-state index in [1.807, 2.05) is 37.4 Å². The first kappa shape index (κ1) is 25.6. The minimum atomic E-state index is -3.66. The molecule has 0 fully saturated rings. The van der Waals surface area contributed by atoms with Crippen molar-refractivity contribution >= 4 is 33.4 Å². The summed E-state index contributed by atoms with van der Waals surface area (Å²) in [5.41, 5.74) is 1.62. The third kappa shape index (κ3) is 6.98. The number of amides is 1. The van der Waals surface area contributed by atoms with Gasteiger partial charge in [0.1, 0.15) is 11.6 Å². The molecule has 0 aromatic heterocycles. The topological polar surface area (TPSA) is 75.7 Å². The zero-order chi connectivity index (χ0) is 24.7. The first-order valence-electron chi connectivity index (χ1n) is 10.5. The lowest BCUT2D eigenvalue weighted by atomic mass is 10.1. The molecule has 0 saturated carbocycles. The third-order valence-corrected chi connectivity index (χ3v) is 7.04. The lowest BCUT2D eigenvalue weighted by Gasteiger charge is -2.23. The van der Waals surface area contributed by atoms with Crippen molar-refractivity contribution in [1.82, 2.24) is 5.32 Å². The number of carbonyl (C=O) groups excluding carboxylic acids is 1. The van der Waals surface area contributed by atoms with E-state index in [-0.39, 0.29) is 30.7 Å². The number of thioether (sulfide) groups is 1. The number of nitrogens with zero attached hydrogens (tertiary/aromatic N) is 1. The van der Waals surface area contributed by atoms with Gasteiger partial charge in [0.25, 0.3) is 5.91 Å². The van der Waals surface area contributed by atoms with E-state index in [0.29, 0.717) is 11.4 Å². The zero-order valence-electron chi connectivity index (χ0n) is 19.2. The van der Waals surface area contributed by atoms with E-state index in [4.69, 9.17) is 4.74 Å². The van der Waals surface area contributed by atoms with Crippen LogP contribution in [0.3, 0.4) is 0 Å². The summed E-state index contributed by atoms with van der Waals surface area (Å²) in [6, 6.07) is 20.1. The van der Waals surface area contributed by atoms with Crippen LogP contribution in [0.5, 0.6) is 5.75 Å². The van der Waals surface area contributed by atoms with Crippen molar-refractivity contribution in [1.29, 1.82) is 0 Å². The monoisotopic (exact) mass is 502 g/mol. The van der Waals surface area contributed by atoms with E-state index in [1.54, 1.807) is 54.2 Å². The van der Waals surface area contributed by atoms with Crippen LogP contribution in [0, 0.1) is 5.82 Å². The number of ether oxygens (including phenoxy) is 1. The minimum absolute atomic E-state index is 0.135. The van der Waals surface area contributed by atoms with E-state index in [9.17, 15) is 17.6 Å². The van der Waals surface area contributed by atoms with Crippen molar-refractivity contribution in [3.63, 3.8) is 0 Å². The van der Waals surface area contributed by atoms with Crippen molar-refractivity contribution in [2.45, 2.75) is 24.4 Å². The Morgan fingerprint density at radius 2 is 1.71 bits per heavy atom. The molecule has 0 aliphatic heterocycles. The standard InChI is InChI=1S/C25H27FN2O4S2/c1-18(19-8-14-23(33-2)15-9-19)27-25(29)17-32-22-12-10-21(11-13-22)28(34(3,30)31)16-20-6-4-5-7-24(20)26/h4-15,18H,16-17H2,1-3H3,(H,27,29)/t18-/m1/s1. The fourth-order valence-electron chi connectivity index (χ4n) is 3.30. The molecule has 1 N–H and O–H groups in total. The molecule has 0 spiro atoms. The maximum absolute atomic E-state index is 14.0. The van der Waals surface area contributed by atoms with Gasteiger partial charge in [-0.05, 0) is 61.2 Å². The molecule has 34 heavy (non-hydrogen) atoms. The fraction of sp³-hybridized carbons (Fsp3) is 0.240. The van der Waals surface area contributed by atoms with Crippen LogP contribution in [0.4, 0.5) is 10.1 Å². The predicted molar refractivity (Wildman–Crippen MR) is 134 cm³/mol. The second kappa shape index (κ2) is 11.4. The van der Waals surface area contributed by atoms with Crippen LogP contribution in [0.1, 0.15) is 24.1 Å². The Morgan fingerprint density at radius 1 is 1.06 bits per heavy atom. The number of rotatable bonds is 10. The molecule has 180 valence electrons. The van der Waals surface area contributed by atoms with Gasteiger partial charge in [-0.15, -0.1) is 11.8 Å². The Balaban J connectivity index is 1.60. The predicted octanol–water partition coefficient (Wildman–Crippen LogP) is 4.77. The summed E-state index contributed by atoms with van der Waals surface area (Å²) >= 11 is 1.65. The minimum Gasteiger partial charge on any atom is -0.484 e. The molecule has 1 atom stereocenters. The maximum Gasteiger partial charge on any atom is 0.258 e. The highest BCUT2D eigenvalue weighted by molar-refractivity contribution is 7.98. The summed E-state index contributed by atoms with van der Waals surface area (Å²) in [5, 5.41) is 2.89. The molecule has 0 saturated heterocycles. The van der Waals surface area contributed by atoms with Gasteiger partial charge in [0.15, 0.2) is 6.61 Å². The molecular formula is C25H27FN2O4S2. The highest BCUT2D eigenvalue weighted by Crippen LogP contribution is 2.24. The summed E-state index contributed by atoms with van der Waals surface area (Å²) in [5.74, 6) is -0.338. The van der Waals surface area contributed by atoms with Crippen molar-refractivity contribution in [3.05, 3.63) is 89.7 Å². The van der Waals surface area contributed by atoms with Gasteiger partial charge in [0, 0.05) is 10.5 Å². The van der Waals surface area contributed by atoms with Crippen molar-refractivity contribution in [2.75, 3.05) is 23.4 Å². The number of carbonyl (C=O) groups is 1. The van der Waals surface area contributed by atoms with Gasteiger partial charge in [-0.3, -0.25) is 9.10 Å². The molecule has 6 nitrogen and oxygen atoms in total. The Morgan fingerprint density at radius 3 is 2.29 bits per heavy atom. The lowest BCUT2D eigenvalue weighted by Crippen LogP contribution is -2.31. The molecule has 0 heterocycles. The highest BCUT2D eigenvalue weighted by Gasteiger charge is 2.19. The highest BCUT2D eigenvalue weighted by atomic mass is 32.2. The maximum atomic E-state index is 14.0. The van der Waals surface area contributed by atoms with E-state index in [1.165, 1.54) is 6.07 Å². The third-order valence-electron chi connectivity index (χ3n) is 5.16. The second-order valence-corrected chi connectivity index (χ2v) is 10.5. The zero-order valence-corrected chi connectivity index (χ0v) is 20.8. The van der Waals surface area contributed by atoms with Gasteiger partial charge >= 0.3 is 0 Å². The van der Waals surface area contributed by atoms with Crippen molar-refractivity contribution < 1.29 is 22.3 Å². The van der Waals surface area contributed by atoms with Crippen molar-refractivity contribution in [3.8, 4) is 5.75 Å². The van der Waals surface area contributed by atoms with Gasteiger partial charge in [0.05, 0.1) is 24.5 Å². The number of halogens is 1. The number of hydrogen-bond donors (Lipinski definition) is 1. The van der Waals surface area contributed by atoms with Gasteiger partial charge in [-0.2, -0.15) is 0 Å². The summed E-state index contributed by atoms with van der Waals surface area (Å²) in [6.07, 6.45) is 3.07. The quantitative estimate of drug-likeness (QED) is 0.404. The fourth-order valence-corrected chi connectivity index (χ4v) is 4.58. The van der Waals surface area contributed by atoms with Crippen LogP contribution >= 0.6 is 11.8 Å². The number of sulfonamides is 1. The van der Waals surface area contributed by atoms with E-state index in [2.05, 4.69) is 5.32 Å². The normalized spacial score (nSPS) is 12.1. The summed E-state index contributed by atoms with van der Waals surface area (Å²) in [7, 11) is -3.66. The average molecular weight is 503 g/mol. The first-order chi connectivity index (χ1) is 16.2. The molecule has 3 rings (SSSR count). The van der Waals surface area contributed by atoms with Crippen LogP contribution in [0.25, 0.3) is 0 Å². The number of nitrogens with one attached hydrogen (secondary N) is 1. The molecule has 9 heteroatoms. The van der Waals surface area contributed by atoms with Crippen LogP contribution in [-0.4, -0.2) is 33.4 Å². The Kier molecular flexibility index (Phi) is 8.57. The Hall–Kier alpha value is -3.04. The van der Waals surface area contributed by atoms with Crippen LogP contribution < -0.4 is 14.4 Å². The van der Waals surface area contributed by atoms with Crippen LogP contribution in [0.15, 0.2) is 77.7 Å². The van der Waals surface area contributed by atoms with E-state index < -0.39 is 15.8 Å². The smallest absolute Gasteiger partial charge is 0.258 e. The van der Waals surface area contributed by atoms with Gasteiger partial charge < -0.3 is 10.1 Å². The van der Waals surface area contributed by atoms with Gasteiger partial charge in [-0.25, -0.2) is 12.8 Å². The summed E-state index contributed by atoms with van der Waals surface area (Å²) < 4.78 is 45.4. The number of benzene rings is 3. The SMILES string of the molecule is CSc1ccc([C@@H](C)NC(=O)COc2ccc(N(Cc3ccccc3F)S(C)(=O)=O)cc2)cc1. The van der Waals surface area contributed by atoms with E-state index >= 15 is 0 Å². The molecule has 3 aromatic rings. The van der Waals surface area contributed by atoms with Gasteiger partial charge in [-0.1, -0.05) is 30.3 Å². The molecule has 1 amide bonds. The molecule has 0 bridgehead atoms. The van der Waals surface area contributed by atoms with E-state index in [0.717, 1.165) is 21.0 Å². The molecule has 3 aromatic carbocycles. The van der Waals surface area contributed by atoms with Crippen LogP contribution in [0.2, 0.25) is 0 Å². The molecule has 0 unspecified atom stereocenters. The summed E-state index contributed by atoms with van der Waals surface area (Å²) in [6.45, 7) is 1.58.